The second-order valence-corrected chi connectivity index (χ2v) is 5.94. The fourth-order valence-corrected chi connectivity index (χ4v) is 2.72. The van der Waals surface area contributed by atoms with Gasteiger partial charge in [-0.15, -0.1) is 0 Å². The van der Waals surface area contributed by atoms with Crippen molar-refractivity contribution in [1.29, 1.82) is 0 Å². The summed E-state index contributed by atoms with van der Waals surface area (Å²) in [7, 11) is 0. The Balaban J connectivity index is 2.36. The maximum atomic E-state index is 11.7. The van der Waals surface area contributed by atoms with E-state index in [1.165, 1.54) is 32.9 Å². The van der Waals surface area contributed by atoms with Crippen molar-refractivity contribution in [3.05, 3.63) is 48.5 Å². The number of nitrogens with zero attached hydrogens (tertiary/aromatic N) is 1. The smallest absolute Gasteiger partial charge is 0.308 e. The van der Waals surface area contributed by atoms with E-state index >= 15 is 0 Å². The van der Waals surface area contributed by atoms with Gasteiger partial charge in [-0.2, -0.15) is 0 Å². The van der Waals surface area contributed by atoms with Crippen LogP contribution in [0.25, 0.3) is 22.2 Å². The largest absolute Gasteiger partial charge is 0.426 e. The molecule has 7 heteroatoms. The zero-order chi connectivity index (χ0) is 20.3. The summed E-state index contributed by atoms with van der Waals surface area (Å²) >= 11 is 0. The molecule has 0 radical (unpaired) electrons. The second-order valence-electron chi connectivity index (χ2n) is 5.94. The summed E-state index contributed by atoms with van der Waals surface area (Å²) in [6.07, 6.45) is 0. The van der Waals surface area contributed by atoms with Crippen LogP contribution in [-0.4, -0.2) is 22.9 Å². The van der Waals surface area contributed by atoms with Gasteiger partial charge in [-0.25, -0.2) is 4.98 Å². The van der Waals surface area contributed by atoms with Crippen LogP contribution in [0.3, 0.4) is 0 Å². The molecule has 0 saturated carbocycles. The Bertz CT molecular complexity index is 1080. The van der Waals surface area contributed by atoms with E-state index in [0.29, 0.717) is 5.69 Å². The van der Waals surface area contributed by atoms with E-state index in [1.54, 1.807) is 6.07 Å². The average molecular weight is 379 g/mol. The van der Waals surface area contributed by atoms with Gasteiger partial charge in [0.25, 0.3) is 0 Å². The zero-order valence-electron chi connectivity index (χ0n) is 15.5. The first-order chi connectivity index (χ1) is 13.3. The van der Waals surface area contributed by atoms with Crippen molar-refractivity contribution >= 4 is 28.8 Å². The summed E-state index contributed by atoms with van der Waals surface area (Å²) < 4.78 is 15.9. The Kier molecular flexibility index (Phi) is 5.35. The van der Waals surface area contributed by atoms with Crippen LogP contribution in [0.15, 0.2) is 48.5 Å². The summed E-state index contributed by atoms with van der Waals surface area (Å²) in [6.45, 7) is 3.78. The molecule has 0 amide bonds. The average Bonchev–Trinajstić information content (AvgIpc) is 2.63. The van der Waals surface area contributed by atoms with Gasteiger partial charge in [-0.05, 0) is 12.1 Å². The number of benzene rings is 2. The first-order valence-corrected chi connectivity index (χ1v) is 8.43. The second kappa shape index (κ2) is 7.87. The van der Waals surface area contributed by atoms with Gasteiger partial charge in [0.05, 0.1) is 11.1 Å². The van der Waals surface area contributed by atoms with E-state index in [2.05, 4.69) is 4.98 Å². The highest BCUT2D eigenvalue weighted by atomic mass is 16.5. The third-order valence-corrected chi connectivity index (χ3v) is 3.68. The minimum absolute atomic E-state index is 0.140. The summed E-state index contributed by atoms with van der Waals surface area (Å²) in [6, 6.07) is 13.7. The molecule has 3 rings (SSSR count). The van der Waals surface area contributed by atoms with Gasteiger partial charge in [0.15, 0.2) is 5.75 Å². The van der Waals surface area contributed by atoms with Gasteiger partial charge in [0, 0.05) is 32.4 Å². The van der Waals surface area contributed by atoms with E-state index in [0.717, 1.165) is 5.56 Å². The molecule has 28 heavy (non-hydrogen) atoms. The summed E-state index contributed by atoms with van der Waals surface area (Å²) in [5, 5.41) is 0.254. The van der Waals surface area contributed by atoms with Crippen molar-refractivity contribution in [2.45, 2.75) is 20.8 Å². The molecular weight excluding hydrogens is 362 g/mol. The van der Waals surface area contributed by atoms with Gasteiger partial charge >= 0.3 is 17.9 Å². The van der Waals surface area contributed by atoms with Crippen molar-refractivity contribution < 1.29 is 28.6 Å². The van der Waals surface area contributed by atoms with Crippen molar-refractivity contribution in [2.24, 2.45) is 0 Å². The Labute approximate surface area is 160 Å². The van der Waals surface area contributed by atoms with Crippen LogP contribution in [0.2, 0.25) is 0 Å². The zero-order valence-corrected chi connectivity index (χ0v) is 15.5. The summed E-state index contributed by atoms with van der Waals surface area (Å²) in [4.78, 5) is 39.3. The Morgan fingerprint density at radius 1 is 0.714 bits per heavy atom. The lowest BCUT2D eigenvalue weighted by molar-refractivity contribution is -0.133. The first kappa shape index (κ1) is 19.0. The molecule has 0 unspecified atom stereocenters. The van der Waals surface area contributed by atoms with Crippen LogP contribution in [0.5, 0.6) is 17.2 Å². The monoisotopic (exact) mass is 379 g/mol. The topological polar surface area (TPSA) is 91.8 Å². The number of carbonyl (C=O) groups is 3. The summed E-state index contributed by atoms with van der Waals surface area (Å²) in [5.41, 5.74) is 1.49. The molecule has 0 aliphatic carbocycles. The van der Waals surface area contributed by atoms with Crippen LogP contribution in [0.1, 0.15) is 20.8 Å². The van der Waals surface area contributed by atoms with E-state index in [-0.39, 0.29) is 28.2 Å². The van der Waals surface area contributed by atoms with Crippen LogP contribution >= 0.6 is 0 Å². The lowest BCUT2D eigenvalue weighted by Crippen LogP contribution is -2.08. The maximum absolute atomic E-state index is 11.7. The van der Waals surface area contributed by atoms with Crippen molar-refractivity contribution in [2.75, 3.05) is 0 Å². The molecule has 0 atom stereocenters. The molecule has 0 saturated heterocycles. The minimum atomic E-state index is -0.557. The fourth-order valence-electron chi connectivity index (χ4n) is 2.72. The first-order valence-electron chi connectivity index (χ1n) is 8.43. The highest BCUT2D eigenvalue weighted by Gasteiger charge is 2.20. The Morgan fingerprint density at radius 3 is 1.86 bits per heavy atom. The van der Waals surface area contributed by atoms with E-state index < -0.39 is 17.9 Å². The number of aromatic nitrogens is 1. The predicted octanol–water partition coefficient (Wildman–Crippen LogP) is 3.68. The molecule has 1 heterocycles. The molecule has 1 aromatic heterocycles. The van der Waals surface area contributed by atoms with E-state index in [9.17, 15) is 14.4 Å². The number of hydrogen-bond acceptors (Lipinski definition) is 7. The van der Waals surface area contributed by atoms with Gasteiger partial charge < -0.3 is 14.2 Å². The number of hydrogen-bond donors (Lipinski definition) is 0. The molecule has 0 N–H and O–H groups in total. The molecule has 142 valence electrons. The molecule has 0 spiro atoms. The molecular formula is C21H17NO6. The number of esters is 3. The molecule has 0 bridgehead atoms. The Hall–Kier alpha value is -3.74. The lowest BCUT2D eigenvalue weighted by Gasteiger charge is -2.15. The SMILES string of the molecule is CC(=O)Oc1ccc(OC(C)=O)c2c(OC(C)=O)cc(-c3ccccc3)nc12. The number of ether oxygens (including phenoxy) is 3. The third-order valence-electron chi connectivity index (χ3n) is 3.68. The molecule has 3 aromatic rings. The third kappa shape index (κ3) is 4.15. The van der Waals surface area contributed by atoms with Gasteiger partial charge in [0.1, 0.15) is 17.0 Å². The van der Waals surface area contributed by atoms with Crippen LogP contribution in [0.4, 0.5) is 0 Å². The van der Waals surface area contributed by atoms with Crippen molar-refractivity contribution in [1.82, 2.24) is 4.98 Å². The fraction of sp³-hybridized carbons (Fsp3) is 0.143. The van der Waals surface area contributed by atoms with Crippen LogP contribution < -0.4 is 14.2 Å². The lowest BCUT2D eigenvalue weighted by atomic mass is 10.1. The number of pyridine rings is 1. The van der Waals surface area contributed by atoms with Crippen molar-refractivity contribution in [3.8, 4) is 28.5 Å². The van der Waals surface area contributed by atoms with E-state index in [4.69, 9.17) is 14.2 Å². The number of carbonyl (C=O) groups excluding carboxylic acids is 3. The Morgan fingerprint density at radius 2 is 1.25 bits per heavy atom. The minimum Gasteiger partial charge on any atom is -0.426 e. The standard InChI is InChI=1S/C21H17NO6/c1-12(23)26-17-9-10-18(27-13(2)24)21-20(17)19(28-14(3)25)11-16(22-21)15-7-5-4-6-8-15/h4-11H,1-3H3. The number of fused-ring (bicyclic) bond motifs is 1. The van der Waals surface area contributed by atoms with Gasteiger partial charge in [-0.1, -0.05) is 30.3 Å². The van der Waals surface area contributed by atoms with E-state index in [1.807, 2.05) is 30.3 Å². The van der Waals surface area contributed by atoms with Crippen LogP contribution in [-0.2, 0) is 14.4 Å². The van der Waals surface area contributed by atoms with Gasteiger partial charge in [-0.3, -0.25) is 14.4 Å². The molecule has 7 nitrogen and oxygen atoms in total. The number of rotatable bonds is 4. The predicted molar refractivity (Wildman–Crippen MR) is 101 cm³/mol. The molecule has 0 fully saturated rings. The maximum Gasteiger partial charge on any atom is 0.308 e. The molecule has 0 aliphatic heterocycles. The molecule has 2 aromatic carbocycles. The highest BCUT2D eigenvalue weighted by Crippen LogP contribution is 2.40. The quantitative estimate of drug-likeness (QED) is 0.504. The van der Waals surface area contributed by atoms with Gasteiger partial charge in [0.2, 0.25) is 0 Å². The summed E-state index contributed by atoms with van der Waals surface area (Å²) in [5.74, 6) is -1.21. The molecule has 0 aliphatic rings. The van der Waals surface area contributed by atoms with Crippen molar-refractivity contribution in [3.63, 3.8) is 0 Å². The van der Waals surface area contributed by atoms with Crippen LogP contribution in [0, 0.1) is 0 Å². The normalized spacial score (nSPS) is 10.4. The highest BCUT2D eigenvalue weighted by molar-refractivity contribution is 5.99.